The Kier molecular flexibility index (Phi) is 4.98. The summed E-state index contributed by atoms with van der Waals surface area (Å²) in [6.07, 6.45) is -0.789. The van der Waals surface area contributed by atoms with Crippen molar-refractivity contribution in [3.8, 4) is 5.75 Å². The Morgan fingerprint density at radius 2 is 1.73 bits per heavy atom. The monoisotopic (exact) mass is 299 g/mol. The van der Waals surface area contributed by atoms with Crippen molar-refractivity contribution >= 4 is 12.0 Å². The summed E-state index contributed by atoms with van der Waals surface area (Å²) in [7, 11) is 0. The third kappa shape index (κ3) is 4.24. The van der Waals surface area contributed by atoms with Crippen molar-refractivity contribution in [3.63, 3.8) is 0 Å². The molecule has 0 bridgehead atoms. The summed E-state index contributed by atoms with van der Waals surface area (Å²) in [6.45, 7) is 0.0706. The van der Waals surface area contributed by atoms with Gasteiger partial charge in [0.1, 0.15) is 18.4 Å². The van der Waals surface area contributed by atoms with E-state index in [2.05, 4.69) is 5.32 Å². The number of phenols is 1. The molecule has 0 aromatic heterocycles. The van der Waals surface area contributed by atoms with E-state index in [1.807, 2.05) is 18.2 Å². The van der Waals surface area contributed by atoms with Gasteiger partial charge in [0.05, 0.1) is 0 Å². The molecule has 0 spiro atoms. The quantitative estimate of drug-likeness (QED) is 0.883. The topological polar surface area (TPSA) is 99.4 Å². The summed E-state index contributed by atoms with van der Waals surface area (Å²) in [4.78, 5) is 23.1. The van der Waals surface area contributed by atoms with Crippen LogP contribution in [0.15, 0.2) is 54.6 Å². The summed E-state index contributed by atoms with van der Waals surface area (Å²) in [5.41, 5.74) is 8.46. The molecule has 0 fully saturated rings. The molecule has 0 saturated carbocycles. The van der Waals surface area contributed by atoms with Gasteiger partial charge < -0.3 is 15.2 Å². The molecule has 1 unspecified atom stereocenters. The SMILES string of the molecule is [NH]C(=O)C(NC(=O)OCc1ccccc1)c1ccc(O)cc1. The van der Waals surface area contributed by atoms with Crippen molar-refractivity contribution in [2.24, 2.45) is 0 Å². The molecule has 113 valence electrons. The van der Waals surface area contributed by atoms with Crippen LogP contribution in [0.2, 0.25) is 0 Å². The Morgan fingerprint density at radius 1 is 1.09 bits per heavy atom. The summed E-state index contributed by atoms with van der Waals surface area (Å²) in [5.74, 6) is -0.936. The number of benzene rings is 2. The maximum Gasteiger partial charge on any atom is 0.408 e. The molecule has 2 aromatic rings. The molecule has 2 aromatic carbocycles. The average molecular weight is 299 g/mol. The van der Waals surface area contributed by atoms with Crippen LogP contribution in [0.3, 0.4) is 0 Å². The summed E-state index contributed by atoms with van der Waals surface area (Å²) >= 11 is 0. The second-order valence-electron chi connectivity index (χ2n) is 4.59. The average Bonchev–Trinajstić information content (AvgIpc) is 2.52. The van der Waals surface area contributed by atoms with E-state index < -0.39 is 18.0 Å². The first-order chi connectivity index (χ1) is 10.6. The molecule has 1 atom stereocenters. The van der Waals surface area contributed by atoms with Crippen molar-refractivity contribution in [2.45, 2.75) is 12.6 Å². The molecule has 0 saturated heterocycles. The van der Waals surface area contributed by atoms with E-state index >= 15 is 0 Å². The zero-order chi connectivity index (χ0) is 15.9. The summed E-state index contributed by atoms with van der Waals surface area (Å²) in [6, 6.07) is 13.7. The van der Waals surface area contributed by atoms with Crippen LogP contribution in [0.25, 0.3) is 0 Å². The molecule has 6 heteroatoms. The van der Waals surface area contributed by atoms with E-state index in [1.54, 1.807) is 12.1 Å². The second kappa shape index (κ2) is 7.12. The van der Waals surface area contributed by atoms with Crippen molar-refractivity contribution in [2.75, 3.05) is 0 Å². The Bertz CT molecular complexity index is 641. The number of aromatic hydroxyl groups is 1. The zero-order valence-electron chi connectivity index (χ0n) is 11.7. The highest BCUT2D eigenvalue weighted by atomic mass is 16.5. The lowest BCUT2D eigenvalue weighted by molar-refractivity contribution is -0.120. The minimum absolute atomic E-state index is 0.0339. The van der Waals surface area contributed by atoms with Crippen LogP contribution in [0.5, 0.6) is 5.75 Å². The van der Waals surface area contributed by atoms with Gasteiger partial charge in [0.25, 0.3) is 5.91 Å². The predicted molar refractivity (Wildman–Crippen MR) is 78.7 cm³/mol. The molecule has 2 amide bonds. The number of hydrogen-bond donors (Lipinski definition) is 2. The zero-order valence-corrected chi connectivity index (χ0v) is 11.7. The minimum Gasteiger partial charge on any atom is -0.508 e. The Hall–Kier alpha value is -3.02. The number of carbonyl (C=O) groups is 2. The van der Waals surface area contributed by atoms with E-state index in [0.717, 1.165) is 5.56 Å². The standard InChI is InChI=1S/C16H15N2O4/c17-15(20)14(12-6-8-13(19)9-7-12)18-16(21)22-10-11-4-2-1-3-5-11/h1-9,14,17,19H,10H2,(H,18,21). The molecule has 22 heavy (non-hydrogen) atoms. The first-order valence-corrected chi connectivity index (χ1v) is 6.58. The van der Waals surface area contributed by atoms with Crippen LogP contribution in [0.1, 0.15) is 17.2 Å². The third-order valence-electron chi connectivity index (χ3n) is 2.96. The van der Waals surface area contributed by atoms with E-state index in [4.69, 9.17) is 10.5 Å². The highest BCUT2D eigenvalue weighted by Crippen LogP contribution is 2.17. The number of hydrogen-bond acceptors (Lipinski definition) is 4. The third-order valence-corrected chi connectivity index (χ3v) is 2.96. The van der Waals surface area contributed by atoms with Gasteiger partial charge in [0, 0.05) is 0 Å². The fraction of sp³-hybridized carbons (Fsp3) is 0.125. The van der Waals surface area contributed by atoms with E-state index in [-0.39, 0.29) is 12.4 Å². The molecular formula is C16H15N2O4. The molecule has 3 N–H and O–H groups in total. The van der Waals surface area contributed by atoms with Crippen molar-refractivity contribution in [1.82, 2.24) is 11.1 Å². The smallest absolute Gasteiger partial charge is 0.408 e. The van der Waals surface area contributed by atoms with Gasteiger partial charge in [0.2, 0.25) is 0 Å². The normalized spacial score (nSPS) is 11.5. The number of nitrogens with one attached hydrogen (secondary N) is 2. The van der Waals surface area contributed by atoms with Gasteiger partial charge in [-0.05, 0) is 23.3 Å². The second-order valence-corrected chi connectivity index (χ2v) is 4.59. The molecule has 0 aliphatic carbocycles. The van der Waals surface area contributed by atoms with Gasteiger partial charge >= 0.3 is 6.09 Å². The lowest BCUT2D eigenvalue weighted by Crippen LogP contribution is -2.34. The fourth-order valence-corrected chi connectivity index (χ4v) is 1.85. The molecule has 2 rings (SSSR count). The van der Waals surface area contributed by atoms with Crippen LogP contribution in [-0.2, 0) is 16.1 Å². The largest absolute Gasteiger partial charge is 0.508 e. The maximum absolute atomic E-state index is 11.8. The number of alkyl carbamates (subject to hydrolysis) is 1. The molecule has 0 aliphatic heterocycles. The van der Waals surface area contributed by atoms with Crippen LogP contribution in [0.4, 0.5) is 4.79 Å². The van der Waals surface area contributed by atoms with Crippen molar-refractivity contribution < 1.29 is 19.4 Å². The molecule has 6 nitrogen and oxygen atoms in total. The highest BCUT2D eigenvalue weighted by Gasteiger charge is 2.21. The van der Waals surface area contributed by atoms with Crippen molar-refractivity contribution in [1.29, 1.82) is 0 Å². The molecule has 0 aliphatic rings. The van der Waals surface area contributed by atoms with Crippen molar-refractivity contribution in [3.05, 3.63) is 65.7 Å². The minimum atomic E-state index is -1.14. The van der Waals surface area contributed by atoms with Crippen LogP contribution < -0.4 is 11.1 Å². The Labute approximate surface area is 127 Å². The molecule has 0 heterocycles. The van der Waals surface area contributed by atoms with Crippen LogP contribution in [-0.4, -0.2) is 17.1 Å². The van der Waals surface area contributed by atoms with Gasteiger partial charge in [-0.15, -0.1) is 0 Å². The number of phenolic OH excluding ortho intramolecular Hbond substituents is 1. The summed E-state index contributed by atoms with van der Waals surface area (Å²) < 4.78 is 5.02. The van der Waals surface area contributed by atoms with E-state index in [1.165, 1.54) is 24.3 Å². The maximum atomic E-state index is 11.8. The molecular weight excluding hydrogens is 284 g/mol. The van der Waals surface area contributed by atoms with Crippen LogP contribution >= 0.6 is 0 Å². The first-order valence-electron chi connectivity index (χ1n) is 6.58. The van der Waals surface area contributed by atoms with Gasteiger partial charge in [-0.3, -0.25) is 10.5 Å². The van der Waals surface area contributed by atoms with Gasteiger partial charge in [-0.2, -0.15) is 0 Å². The Balaban J connectivity index is 1.97. The van der Waals surface area contributed by atoms with Gasteiger partial charge in [-0.25, -0.2) is 4.79 Å². The number of carbonyl (C=O) groups excluding carboxylic acids is 2. The van der Waals surface area contributed by atoms with E-state index in [0.29, 0.717) is 5.56 Å². The lowest BCUT2D eigenvalue weighted by Gasteiger charge is -2.15. The lowest BCUT2D eigenvalue weighted by atomic mass is 10.1. The first kappa shape index (κ1) is 15.4. The summed E-state index contributed by atoms with van der Waals surface area (Å²) in [5, 5.41) is 11.6. The van der Waals surface area contributed by atoms with Gasteiger partial charge in [0.15, 0.2) is 0 Å². The molecule has 1 radical (unpaired) electrons. The Morgan fingerprint density at radius 3 is 2.32 bits per heavy atom. The predicted octanol–water partition coefficient (Wildman–Crippen LogP) is 2.17. The fourth-order valence-electron chi connectivity index (χ4n) is 1.85. The number of amides is 2. The van der Waals surface area contributed by atoms with Crippen LogP contribution in [0, 0.1) is 0 Å². The number of ether oxygens (including phenoxy) is 1. The highest BCUT2D eigenvalue weighted by molar-refractivity contribution is 5.85. The van der Waals surface area contributed by atoms with E-state index in [9.17, 15) is 14.7 Å². The number of rotatable bonds is 5. The van der Waals surface area contributed by atoms with Gasteiger partial charge in [-0.1, -0.05) is 42.5 Å².